The van der Waals surface area contributed by atoms with Gasteiger partial charge < -0.3 is 9.30 Å². The van der Waals surface area contributed by atoms with Crippen molar-refractivity contribution in [3.8, 4) is 34.1 Å². The molecular weight excluding hydrogens is 784 g/mol. The van der Waals surface area contributed by atoms with Gasteiger partial charge in [-0.3, -0.25) is 4.68 Å². The van der Waals surface area contributed by atoms with Gasteiger partial charge in [-0.2, -0.15) is 17.2 Å². The molecule has 0 N–H and O–H groups in total. The summed E-state index contributed by atoms with van der Waals surface area (Å²) < 4.78 is 10.6. The Hall–Kier alpha value is -4.47. The molecule has 0 bridgehead atoms. The fourth-order valence-electron chi connectivity index (χ4n) is 6.81. The van der Waals surface area contributed by atoms with Gasteiger partial charge in [0, 0.05) is 34.5 Å². The summed E-state index contributed by atoms with van der Waals surface area (Å²) in [6.45, 7) is 15.5. The first kappa shape index (κ1) is 34.4. The van der Waals surface area contributed by atoms with Gasteiger partial charge in [0.15, 0.2) is 0 Å². The summed E-state index contributed by atoms with van der Waals surface area (Å²) in [5.41, 5.74) is 9.95. The minimum atomic E-state index is 0. The van der Waals surface area contributed by atoms with Crippen LogP contribution in [0.5, 0.6) is 11.5 Å². The van der Waals surface area contributed by atoms with Crippen LogP contribution in [0.3, 0.4) is 0 Å². The van der Waals surface area contributed by atoms with E-state index in [1.54, 1.807) is 0 Å². The zero-order valence-electron chi connectivity index (χ0n) is 29.2. The van der Waals surface area contributed by atoms with Crippen LogP contribution in [-0.4, -0.2) is 19.3 Å². The van der Waals surface area contributed by atoms with Gasteiger partial charge in [-0.05, 0) is 84.0 Å². The van der Waals surface area contributed by atoms with Gasteiger partial charge in [-0.1, -0.05) is 82.6 Å². The molecule has 0 aliphatic carbocycles. The molecule has 7 aromatic rings. The van der Waals surface area contributed by atoms with Crippen LogP contribution in [0.25, 0.3) is 44.4 Å². The maximum Gasteiger partial charge on any atom is 2.00 e. The summed E-state index contributed by atoms with van der Waals surface area (Å²) in [5.74, 6) is 2.68. The molecule has 5 nitrogen and oxygen atoms in total. The second-order valence-electron chi connectivity index (χ2n) is 14.5. The molecule has 0 amide bonds. The minimum Gasteiger partial charge on any atom is -0.509 e. The first-order valence-corrected chi connectivity index (χ1v) is 16.8. The van der Waals surface area contributed by atoms with Crippen molar-refractivity contribution in [2.75, 3.05) is 0 Å². The average Bonchev–Trinajstić information content (AvgIpc) is 3.52. The molecule has 3 heterocycles. The predicted molar refractivity (Wildman–Crippen MR) is 196 cm³/mol. The summed E-state index contributed by atoms with van der Waals surface area (Å²) in [5, 5.41) is 7.20. The maximum atomic E-state index is 6.48. The third kappa shape index (κ3) is 7.14. The zero-order chi connectivity index (χ0) is 33.6. The summed E-state index contributed by atoms with van der Waals surface area (Å²) >= 11 is 0. The van der Waals surface area contributed by atoms with Crippen molar-refractivity contribution in [1.29, 1.82) is 0 Å². The Morgan fingerprint density at radius 2 is 1.57 bits per heavy atom. The van der Waals surface area contributed by atoms with Gasteiger partial charge in [-0.25, -0.2) is 4.98 Å². The zero-order valence-corrected chi connectivity index (χ0v) is 31.5. The first-order chi connectivity index (χ1) is 23.0. The van der Waals surface area contributed by atoms with Crippen LogP contribution >= 0.6 is 0 Å². The minimum absolute atomic E-state index is 0. The van der Waals surface area contributed by atoms with Crippen LogP contribution in [-0.2, 0) is 33.9 Å². The summed E-state index contributed by atoms with van der Waals surface area (Å²) in [4.78, 5) is 4.87. The van der Waals surface area contributed by atoms with Crippen LogP contribution in [0.2, 0.25) is 0 Å². The molecule has 49 heavy (non-hydrogen) atoms. The number of nitrogens with zero attached hydrogens (tertiary/aromatic N) is 4. The molecule has 6 heteroatoms. The van der Waals surface area contributed by atoms with E-state index in [0.717, 1.165) is 63.3 Å². The molecule has 0 aliphatic heterocycles. The third-order valence-corrected chi connectivity index (χ3v) is 8.69. The van der Waals surface area contributed by atoms with E-state index in [9.17, 15) is 0 Å². The SMILES string of the molecule is Cc1nn(-c2[c-]c(Oc3[c-]c4c(cc3)c3cc(CC(C)C)ccc3n4-c3cc(CC(C)(C)C)ccn3)ccc2)c(C)c1-c1ccccc1.[Pt+2]. The standard InChI is InChI=1S/C43H42N4O.Pt/c1-28(2)22-31-16-19-39-38(23-31)37-18-17-36(26-40(37)46(39)41-24-32(20-21-44-41)27-43(5,6)7)48-35-15-11-14-34(25-35)47-30(4)42(29(3)45-47)33-12-9-8-10-13-33;/h8-21,23-24,28H,22,27H2,1-7H3;/q-2;+2. The van der Waals surface area contributed by atoms with Gasteiger partial charge in [-0.15, -0.1) is 35.7 Å². The second-order valence-corrected chi connectivity index (χ2v) is 14.5. The molecule has 0 fully saturated rings. The van der Waals surface area contributed by atoms with Gasteiger partial charge in [0.25, 0.3) is 0 Å². The van der Waals surface area contributed by atoms with E-state index in [0.29, 0.717) is 17.4 Å². The van der Waals surface area contributed by atoms with E-state index in [1.807, 2.05) is 41.2 Å². The molecule has 4 aromatic carbocycles. The number of rotatable bonds is 8. The largest absolute Gasteiger partial charge is 2.00 e. The quantitative estimate of drug-likeness (QED) is 0.143. The first-order valence-electron chi connectivity index (χ1n) is 16.8. The van der Waals surface area contributed by atoms with E-state index < -0.39 is 0 Å². The molecule has 0 radical (unpaired) electrons. The van der Waals surface area contributed by atoms with Crippen LogP contribution < -0.4 is 4.74 Å². The second kappa shape index (κ2) is 13.8. The summed E-state index contributed by atoms with van der Waals surface area (Å²) in [6.07, 6.45) is 3.91. The molecule has 0 atom stereocenters. The van der Waals surface area contributed by atoms with Crippen molar-refractivity contribution in [3.63, 3.8) is 0 Å². The maximum absolute atomic E-state index is 6.48. The summed E-state index contributed by atoms with van der Waals surface area (Å²) in [6, 6.07) is 38.7. The Balaban J connectivity index is 0.00000417. The number of hydrogen-bond donors (Lipinski definition) is 0. The van der Waals surface area contributed by atoms with E-state index in [2.05, 4.69) is 126 Å². The fourth-order valence-corrected chi connectivity index (χ4v) is 6.81. The molecule has 0 unspecified atom stereocenters. The number of benzene rings is 4. The van der Waals surface area contributed by atoms with Crippen molar-refractivity contribution in [2.24, 2.45) is 11.3 Å². The molecule has 0 saturated carbocycles. The van der Waals surface area contributed by atoms with Crippen molar-refractivity contribution < 1.29 is 25.8 Å². The van der Waals surface area contributed by atoms with Crippen molar-refractivity contribution in [2.45, 2.75) is 61.3 Å². The average molecular weight is 826 g/mol. The molecule has 0 saturated heterocycles. The van der Waals surface area contributed by atoms with Gasteiger partial charge in [0.1, 0.15) is 5.82 Å². The van der Waals surface area contributed by atoms with Crippen molar-refractivity contribution in [1.82, 2.24) is 19.3 Å². The van der Waals surface area contributed by atoms with Crippen LogP contribution in [0.4, 0.5) is 0 Å². The Morgan fingerprint density at radius 1 is 0.796 bits per heavy atom. The van der Waals surface area contributed by atoms with Gasteiger partial charge in [0.2, 0.25) is 0 Å². The van der Waals surface area contributed by atoms with Crippen molar-refractivity contribution in [3.05, 3.63) is 132 Å². The predicted octanol–water partition coefficient (Wildman–Crippen LogP) is 10.8. The normalized spacial score (nSPS) is 11.8. The topological polar surface area (TPSA) is 44.9 Å². The summed E-state index contributed by atoms with van der Waals surface area (Å²) in [7, 11) is 0. The number of fused-ring (bicyclic) bond motifs is 3. The fraction of sp³-hybridized carbons (Fsp3) is 0.256. The number of aryl methyl sites for hydroxylation is 1. The number of ether oxygens (including phenoxy) is 1. The van der Waals surface area contributed by atoms with Crippen LogP contribution in [0, 0.1) is 37.3 Å². The van der Waals surface area contributed by atoms with E-state index >= 15 is 0 Å². The molecular formula is C43H42N4OPt. The Kier molecular flexibility index (Phi) is 9.69. The Labute approximate surface area is 304 Å². The molecule has 0 spiro atoms. The molecule has 7 rings (SSSR count). The van der Waals surface area contributed by atoms with Crippen LogP contribution in [0.15, 0.2) is 97.2 Å². The number of pyridine rings is 1. The monoisotopic (exact) mass is 825 g/mol. The Morgan fingerprint density at radius 3 is 2.33 bits per heavy atom. The number of aromatic nitrogens is 4. The van der Waals surface area contributed by atoms with E-state index in [-0.39, 0.29) is 26.5 Å². The smallest absolute Gasteiger partial charge is 0.509 e. The van der Waals surface area contributed by atoms with Crippen LogP contribution in [0.1, 0.15) is 57.1 Å². The molecule has 3 aromatic heterocycles. The Bertz CT molecular complexity index is 2260. The third-order valence-electron chi connectivity index (χ3n) is 8.69. The van der Waals surface area contributed by atoms with Crippen molar-refractivity contribution >= 4 is 21.8 Å². The molecule has 0 aliphatic rings. The van der Waals surface area contributed by atoms with E-state index in [1.165, 1.54) is 16.5 Å². The number of hydrogen-bond acceptors (Lipinski definition) is 3. The van der Waals surface area contributed by atoms with E-state index in [4.69, 9.17) is 14.8 Å². The van der Waals surface area contributed by atoms with Gasteiger partial charge >= 0.3 is 21.1 Å². The molecule has 250 valence electrons. The van der Waals surface area contributed by atoms with Gasteiger partial charge in [0.05, 0.1) is 5.69 Å².